The Hall–Kier alpha value is -2.37. The highest BCUT2D eigenvalue weighted by Gasteiger charge is 2.11. The zero-order valence-electron chi connectivity index (χ0n) is 7.54. The number of pyridine rings is 1. The van der Waals surface area contributed by atoms with Crippen molar-refractivity contribution in [2.75, 3.05) is 0 Å². The number of imidazole rings is 1. The van der Waals surface area contributed by atoms with Crippen LogP contribution < -0.4 is 5.69 Å². The van der Waals surface area contributed by atoms with Gasteiger partial charge in [-0.2, -0.15) is 0 Å². The van der Waals surface area contributed by atoms with Crippen LogP contribution in [0.2, 0.25) is 0 Å². The first-order valence-electron chi connectivity index (χ1n) is 4.32. The molecule has 0 atom stereocenters. The second kappa shape index (κ2) is 2.81. The largest absolute Gasteiger partial charge is 0.431 e. The lowest BCUT2D eigenvalue weighted by atomic mass is 10.4. The topological polar surface area (TPSA) is 76.7 Å². The van der Waals surface area contributed by atoms with Crippen molar-refractivity contribution in [3.05, 3.63) is 41.3 Å². The molecule has 3 aromatic rings. The average molecular weight is 202 g/mol. The van der Waals surface area contributed by atoms with Crippen molar-refractivity contribution in [1.82, 2.24) is 19.5 Å². The predicted octanol–water partition coefficient (Wildman–Crippen LogP) is 0.702. The van der Waals surface area contributed by atoms with Gasteiger partial charge in [0.05, 0.1) is 11.7 Å². The average Bonchev–Trinajstić information content (AvgIpc) is 2.82. The van der Waals surface area contributed by atoms with Gasteiger partial charge >= 0.3 is 11.7 Å². The summed E-state index contributed by atoms with van der Waals surface area (Å²) in [7, 11) is 0. The number of H-pyrrole nitrogens is 1. The molecule has 0 unspecified atom stereocenters. The van der Waals surface area contributed by atoms with Crippen LogP contribution in [0.5, 0.6) is 0 Å². The van der Waals surface area contributed by atoms with Gasteiger partial charge in [0.15, 0.2) is 5.65 Å². The van der Waals surface area contributed by atoms with Gasteiger partial charge in [-0.3, -0.25) is 4.98 Å². The van der Waals surface area contributed by atoms with Crippen molar-refractivity contribution in [3.63, 3.8) is 0 Å². The summed E-state index contributed by atoms with van der Waals surface area (Å²) >= 11 is 0. The van der Waals surface area contributed by atoms with Crippen LogP contribution in [0.3, 0.4) is 0 Å². The molecule has 3 aromatic heterocycles. The van der Waals surface area contributed by atoms with Crippen LogP contribution in [0.25, 0.3) is 17.2 Å². The number of aromatic amines is 1. The fourth-order valence-electron chi connectivity index (χ4n) is 1.46. The van der Waals surface area contributed by atoms with E-state index in [4.69, 9.17) is 4.42 Å². The minimum absolute atomic E-state index is 0.235. The third-order valence-corrected chi connectivity index (χ3v) is 2.07. The fourth-order valence-corrected chi connectivity index (χ4v) is 1.46. The van der Waals surface area contributed by atoms with E-state index in [0.717, 1.165) is 0 Å². The summed E-state index contributed by atoms with van der Waals surface area (Å²) in [5.41, 5.74) is 0.844. The van der Waals surface area contributed by atoms with Gasteiger partial charge in [0.25, 0.3) is 0 Å². The standard InChI is InChI=1S/C9H6N4O2/c14-8-12-7-6(2-1-3-10-7)13(8)9-11-4-5-15-9/h1-5H,(H,10,12,14). The predicted molar refractivity (Wildman–Crippen MR) is 51.8 cm³/mol. The summed E-state index contributed by atoms with van der Waals surface area (Å²) in [4.78, 5) is 22.2. The molecule has 0 aliphatic carbocycles. The molecule has 1 N–H and O–H groups in total. The van der Waals surface area contributed by atoms with Crippen molar-refractivity contribution in [2.45, 2.75) is 0 Å². The van der Waals surface area contributed by atoms with E-state index in [-0.39, 0.29) is 11.7 Å². The third-order valence-electron chi connectivity index (χ3n) is 2.07. The molecular formula is C9H6N4O2. The molecule has 3 heterocycles. The van der Waals surface area contributed by atoms with Crippen LogP contribution in [-0.4, -0.2) is 19.5 Å². The van der Waals surface area contributed by atoms with E-state index in [2.05, 4.69) is 15.0 Å². The maximum atomic E-state index is 11.6. The van der Waals surface area contributed by atoms with E-state index < -0.39 is 0 Å². The Bertz CT molecular complexity index is 650. The second-order valence-electron chi connectivity index (χ2n) is 2.95. The van der Waals surface area contributed by atoms with E-state index in [9.17, 15) is 4.79 Å². The Morgan fingerprint density at radius 1 is 1.33 bits per heavy atom. The van der Waals surface area contributed by atoms with E-state index in [1.54, 1.807) is 18.3 Å². The van der Waals surface area contributed by atoms with Gasteiger partial charge in [0.1, 0.15) is 6.26 Å². The van der Waals surface area contributed by atoms with Crippen molar-refractivity contribution < 1.29 is 4.42 Å². The van der Waals surface area contributed by atoms with Crippen LogP contribution in [0.4, 0.5) is 0 Å². The Labute approximate surface area is 83.2 Å². The highest BCUT2D eigenvalue weighted by molar-refractivity contribution is 5.71. The van der Waals surface area contributed by atoms with Gasteiger partial charge in [-0.05, 0) is 12.1 Å². The molecule has 0 saturated carbocycles. The van der Waals surface area contributed by atoms with Gasteiger partial charge in [0.2, 0.25) is 0 Å². The fraction of sp³-hybridized carbons (Fsp3) is 0. The quantitative estimate of drug-likeness (QED) is 0.630. The Morgan fingerprint density at radius 3 is 3.07 bits per heavy atom. The number of hydrogen-bond acceptors (Lipinski definition) is 4. The third kappa shape index (κ3) is 1.08. The van der Waals surface area contributed by atoms with Crippen molar-refractivity contribution in [2.24, 2.45) is 0 Å². The minimum Gasteiger partial charge on any atom is -0.431 e. The number of fused-ring (bicyclic) bond motifs is 1. The summed E-state index contributed by atoms with van der Waals surface area (Å²) in [5, 5.41) is 0. The molecule has 0 aromatic carbocycles. The molecule has 0 spiro atoms. The van der Waals surface area contributed by atoms with E-state index >= 15 is 0 Å². The molecule has 0 radical (unpaired) electrons. The normalized spacial score (nSPS) is 10.9. The second-order valence-corrected chi connectivity index (χ2v) is 2.95. The smallest absolute Gasteiger partial charge is 0.335 e. The van der Waals surface area contributed by atoms with E-state index in [1.165, 1.54) is 17.0 Å². The van der Waals surface area contributed by atoms with Gasteiger partial charge < -0.3 is 4.42 Å². The number of nitrogens with one attached hydrogen (secondary N) is 1. The van der Waals surface area contributed by atoms with Crippen LogP contribution in [0.1, 0.15) is 0 Å². The molecule has 3 rings (SSSR count). The molecular weight excluding hydrogens is 196 g/mol. The first-order chi connectivity index (χ1) is 7.36. The monoisotopic (exact) mass is 202 g/mol. The molecule has 0 bridgehead atoms. The maximum Gasteiger partial charge on any atom is 0.335 e. The summed E-state index contributed by atoms with van der Waals surface area (Å²) in [6.45, 7) is 0. The van der Waals surface area contributed by atoms with Crippen LogP contribution in [-0.2, 0) is 0 Å². The zero-order chi connectivity index (χ0) is 10.3. The number of hydrogen-bond donors (Lipinski definition) is 1. The van der Waals surface area contributed by atoms with Gasteiger partial charge in [-0.15, -0.1) is 0 Å². The highest BCUT2D eigenvalue weighted by atomic mass is 16.4. The molecule has 0 aliphatic rings. The number of oxazole rings is 1. The molecule has 0 saturated heterocycles. The minimum atomic E-state index is -0.314. The lowest BCUT2D eigenvalue weighted by molar-refractivity contribution is 0.527. The molecule has 15 heavy (non-hydrogen) atoms. The highest BCUT2D eigenvalue weighted by Crippen LogP contribution is 2.10. The molecule has 6 nitrogen and oxygen atoms in total. The zero-order valence-corrected chi connectivity index (χ0v) is 7.54. The van der Waals surface area contributed by atoms with Crippen LogP contribution in [0, 0.1) is 0 Å². The number of nitrogens with zero attached hydrogens (tertiary/aromatic N) is 3. The summed E-state index contributed by atoms with van der Waals surface area (Å²) < 4.78 is 6.41. The molecule has 6 heteroatoms. The summed E-state index contributed by atoms with van der Waals surface area (Å²) in [6, 6.07) is 3.75. The molecule has 0 amide bonds. The Balaban J connectivity index is 2.44. The maximum absolute atomic E-state index is 11.6. The first kappa shape index (κ1) is 7.98. The van der Waals surface area contributed by atoms with Gasteiger partial charge in [0, 0.05) is 6.20 Å². The molecule has 0 aliphatic heterocycles. The number of rotatable bonds is 1. The Kier molecular flexibility index (Phi) is 1.49. The van der Waals surface area contributed by atoms with Gasteiger partial charge in [-0.25, -0.2) is 19.3 Å². The summed E-state index contributed by atoms with van der Waals surface area (Å²) in [6.07, 6.45) is 4.51. The first-order valence-corrected chi connectivity index (χ1v) is 4.32. The van der Waals surface area contributed by atoms with Crippen molar-refractivity contribution in [3.8, 4) is 6.01 Å². The number of aromatic nitrogens is 4. The lowest BCUT2D eigenvalue weighted by Gasteiger charge is -1.94. The Morgan fingerprint density at radius 2 is 2.27 bits per heavy atom. The summed E-state index contributed by atoms with van der Waals surface area (Å²) in [5.74, 6) is 0. The SMILES string of the molecule is O=c1[nH]c2ncccc2n1-c1ncco1. The lowest BCUT2D eigenvalue weighted by Crippen LogP contribution is -2.14. The van der Waals surface area contributed by atoms with Crippen molar-refractivity contribution in [1.29, 1.82) is 0 Å². The van der Waals surface area contributed by atoms with Crippen LogP contribution in [0.15, 0.2) is 40.0 Å². The molecule has 74 valence electrons. The van der Waals surface area contributed by atoms with E-state index in [0.29, 0.717) is 11.2 Å². The van der Waals surface area contributed by atoms with E-state index in [1.807, 2.05) is 0 Å². The van der Waals surface area contributed by atoms with Gasteiger partial charge in [-0.1, -0.05) is 0 Å². The van der Waals surface area contributed by atoms with Crippen LogP contribution >= 0.6 is 0 Å². The molecule has 0 fully saturated rings. The van der Waals surface area contributed by atoms with Crippen molar-refractivity contribution >= 4 is 11.2 Å².